The van der Waals surface area contributed by atoms with Crippen molar-refractivity contribution in [3.63, 3.8) is 0 Å². The lowest BCUT2D eigenvalue weighted by Crippen LogP contribution is -2.35. The molecule has 94 valence electrons. The summed E-state index contributed by atoms with van der Waals surface area (Å²) < 4.78 is 3.50. The molecule has 3 aromatic rings. The van der Waals surface area contributed by atoms with E-state index in [1.54, 1.807) is 0 Å². The Morgan fingerprint density at radius 3 is 2.53 bits per heavy atom. The summed E-state index contributed by atoms with van der Waals surface area (Å²) in [4.78, 5) is 0. The van der Waals surface area contributed by atoms with Crippen LogP contribution in [0.3, 0.4) is 0 Å². The molecule has 0 radical (unpaired) electrons. The molecule has 0 atom stereocenters. The topological polar surface area (TPSA) is 3.88 Å². The van der Waals surface area contributed by atoms with Crippen molar-refractivity contribution in [2.45, 2.75) is 6.54 Å². The van der Waals surface area contributed by atoms with Crippen LogP contribution in [-0.2, 0) is 6.54 Å². The summed E-state index contributed by atoms with van der Waals surface area (Å²) in [6.45, 7) is 0.789. The number of rotatable bonds is 2. The van der Waals surface area contributed by atoms with Crippen LogP contribution in [0, 0.1) is 3.57 Å². The van der Waals surface area contributed by atoms with Gasteiger partial charge in [0.05, 0.1) is 10.4 Å². The maximum absolute atomic E-state index is 6.24. The highest BCUT2D eigenvalue weighted by Gasteiger charge is 2.12. The lowest BCUT2D eigenvalue weighted by Gasteiger charge is -2.04. The van der Waals surface area contributed by atoms with Gasteiger partial charge >= 0.3 is 0 Å². The molecule has 0 unspecified atom stereocenters. The van der Waals surface area contributed by atoms with Crippen molar-refractivity contribution in [2.75, 3.05) is 0 Å². The fraction of sp³-hybridized carbons (Fsp3) is 0.0625. The maximum atomic E-state index is 6.24. The number of fused-ring (bicyclic) bond motifs is 1. The van der Waals surface area contributed by atoms with Gasteiger partial charge in [-0.1, -0.05) is 41.9 Å². The van der Waals surface area contributed by atoms with Gasteiger partial charge in [-0.25, -0.2) is 0 Å². The number of benzene rings is 2. The third kappa shape index (κ3) is 2.60. The molecule has 19 heavy (non-hydrogen) atoms. The van der Waals surface area contributed by atoms with E-state index in [9.17, 15) is 0 Å². The summed E-state index contributed by atoms with van der Waals surface area (Å²) in [5.74, 6) is 0. The number of aromatic nitrogens is 1. The molecule has 0 spiro atoms. The van der Waals surface area contributed by atoms with E-state index < -0.39 is 0 Å². The van der Waals surface area contributed by atoms with Crippen LogP contribution in [0.2, 0.25) is 5.02 Å². The molecule has 0 fully saturated rings. The Hall–Kier alpha value is -1.13. The van der Waals surface area contributed by atoms with E-state index in [-0.39, 0.29) is 0 Å². The van der Waals surface area contributed by atoms with Gasteiger partial charge in [-0.3, -0.25) is 0 Å². The molecule has 0 amide bonds. The van der Waals surface area contributed by atoms with Crippen molar-refractivity contribution in [2.24, 2.45) is 0 Å². The van der Waals surface area contributed by atoms with Gasteiger partial charge < -0.3 is 0 Å². The fourth-order valence-electron chi connectivity index (χ4n) is 2.20. The van der Waals surface area contributed by atoms with Crippen molar-refractivity contribution in [3.8, 4) is 0 Å². The number of nitrogens with zero attached hydrogens (tertiary/aromatic N) is 1. The monoisotopic (exact) mass is 380 g/mol. The van der Waals surface area contributed by atoms with E-state index in [0.29, 0.717) is 0 Å². The van der Waals surface area contributed by atoms with Crippen LogP contribution in [0.25, 0.3) is 10.9 Å². The SMILES string of the molecule is Clc1ccccc1C[n+]1ccc(I)c2ccccc21. The van der Waals surface area contributed by atoms with Crippen LogP contribution in [0.1, 0.15) is 5.56 Å². The second kappa shape index (κ2) is 5.47. The minimum Gasteiger partial charge on any atom is -0.194 e. The average Bonchev–Trinajstić information content (AvgIpc) is 2.44. The molecular weight excluding hydrogens is 369 g/mol. The molecule has 2 aromatic carbocycles. The smallest absolute Gasteiger partial charge is 0.194 e. The van der Waals surface area contributed by atoms with Gasteiger partial charge in [0.25, 0.3) is 0 Å². The molecular formula is C16H12ClIN+. The summed E-state index contributed by atoms with van der Waals surface area (Å²) in [6.07, 6.45) is 2.12. The minimum absolute atomic E-state index is 0.789. The molecule has 1 aromatic heterocycles. The Morgan fingerprint density at radius 1 is 0.947 bits per heavy atom. The van der Waals surface area contributed by atoms with Gasteiger partial charge in [0, 0.05) is 21.3 Å². The first kappa shape index (κ1) is 12.9. The third-order valence-electron chi connectivity index (χ3n) is 3.17. The van der Waals surface area contributed by atoms with Gasteiger partial charge in [-0.15, -0.1) is 0 Å². The molecule has 0 aliphatic heterocycles. The van der Waals surface area contributed by atoms with Crippen molar-refractivity contribution in [1.82, 2.24) is 0 Å². The normalized spacial score (nSPS) is 10.8. The predicted molar refractivity (Wildman–Crippen MR) is 87.4 cm³/mol. The van der Waals surface area contributed by atoms with Crippen molar-refractivity contribution in [1.29, 1.82) is 0 Å². The Labute approximate surface area is 131 Å². The van der Waals surface area contributed by atoms with E-state index >= 15 is 0 Å². The molecule has 3 heteroatoms. The van der Waals surface area contributed by atoms with Gasteiger partial charge in [0.2, 0.25) is 5.52 Å². The van der Waals surface area contributed by atoms with Gasteiger partial charge in [0.1, 0.15) is 0 Å². The van der Waals surface area contributed by atoms with E-state index in [1.807, 2.05) is 18.2 Å². The molecule has 0 bridgehead atoms. The standard InChI is InChI=1S/C16H12ClIN/c17-14-7-3-1-5-12(14)11-19-10-9-15(18)13-6-2-4-8-16(13)19/h1-10H,11H2/q+1. The second-order valence-corrected chi connectivity index (χ2v) is 5.97. The third-order valence-corrected chi connectivity index (χ3v) is 4.48. The number of halogens is 2. The van der Waals surface area contributed by atoms with E-state index in [4.69, 9.17) is 11.6 Å². The summed E-state index contributed by atoms with van der Waals surface area (Å²) in [6, 6.07) is 18.6. The predicted octanol–water partition coefficient (Wildman–Crippen LogP) is 4.43. The highest BCUT2D eigenvalue weighted by atomic mass is 127. The molecule has 0 N–H and O–H groups in total. The lowest BCUT2D eigenvalue weighted by molar-refractivity contribution is -0.662. The Kier molecular flexibility index (Phi) is 3.71. The summed E-state index contributed by atoms with van der Waals surface area (Å²) >= 11 is 8.61. The van der Waals surface area contributed by atoms with Crippen LogP contribution in [0.15, 0.2) is 60.8 Å². The average molecular weight is 381 g/mol. The van der Waals surface area contributed by atoms with Crippen LogP contribution in [0.4, 0.5) is 0 Å². The van der Waals surface area contributed by atoms with Crippen molar-refractivity contribution < 1.29 is 4.57 Å². The minimum atomic E-state index is 0.789. The van der Waals surface area contributed by atoms with Crippen molar-refractivity contribution in [3.05, 3.63) is 75.0 Å². The van der Waals surface area contributed by atoms with Crippen LogP contribution >= 0.6 is 34.2 Å². The zero-order chi connectivity index (χ0) is 13.2. The molecule has 1 nitrogen and oxygen atoms in total. The Balaban J connectivity index is 2.12. The number of hydrogen-bond acceptors (Lipinski definition) is 0. The molecule has 3 rings (SSSR count). The second-order valence-electron chi connectivity index (χ2n) is 4.40. The maximum Gasteiger partial charge on any atom is 0.213 e. The van der Waals surface area contributed by atoms with E-state index in [2.05, 4.69) is 69.8 Å². The van der Waals surface area contributed by atoms with Crippen molar-refractivity contribution >= 4 is 45.1 Å². The summed E-state index contributed by atoms with van der Waals surface area (Å²) in [7, 11) is 0. The lowest BCUT2D eigenvalue weighted by atomic mass is 10.2. The molecule has 0 saturated carbocycles. The quantitative estimate of drug-likeness (QED) is 0.457. The highest BCUT2D eigenvalue weighted by Crippen LogP contribution is 2.19. The molecule has 1 heterocycles. The van der Waals surface area contributed by atoms with Gasteiger partial charge in [-0.05, 0) is 34.7 Å². The molecule has 0 aliphatic carbocycles. The Morgan fingerprint density at radius 2 is 1.68 bits per heavy atom. The largest absolute Gasteiger partial charge is 0.213 e. The van der Waals surface area contributed by atoms with Crippen LogP contribution < -0.4 is 4.57 Å². The first-order valence-electron chi connectivity index (χ1n) is 6.06. The van der Waals surface area contributed by atoms with E-state index in [1.165, 1.54) is 14.5 Å². The first-order valence-corrected chi connectivity index (χ1v) is 7.51. The molecule has 0 saturated heterocycles. The summed E-state index contributed by atoms with van der Waals surface area (Å²) in [5, 5.41) is 2.09. The zero-order valence-electron chi connectivity index (χ0n) is 10.2. The van der Waals surface area contributed by atoms with Crippen LogP contribution in [0.5, 0.6) is 0 Å². The number of pyridine rings is 1. The van der Waals surface area contributed by atoms with E-state index in [0.717, 1.165) is 17.1 Å². The van der Waals surface area contributed by atoms with Gasteiger partial charge in [0.15, 0.2) is 12.7 Å². The van der Waals surface area contributed by atoms with Crippen LogP contribution in [-0.4, -0.2) is 0 Å². The zero-order valence-corrected chi connectivity index (χ0v) is 13.1. The Bertz CT molecular complexity index is 740. The summed E-state index contributed by atoms with van der Waals surface area (Å²) in [5.41, 5.74) is 2.37. The first-order chi connectivity index (χ1) is 9.25. The highest BCUT2D eigenvalue weighted by molar-refractivity contribution is 14.1. The number of hydrogen-bond donors (Lipinski definition) is 0. The molecule has 0 aliphatic rings. The fourth-order valence-corrected chi connectivity index (χ4v) is 3.01. The van der Waals surface area contributed by atoms with Gasteiger partial charge in [-0.2, -0.15) is 4.57 Å². The number of para-hydroxylation sites is 1.